The highest BCUT2D eigenvalue weighted by Gasteiger charge is 2.14. The SMILES string of the molecule is Cc1cccc(CNC(=O)On2c(=O)oc3cccnc32)c1. The number of nitrogens with zero attached hydrogens (tertiary/aromatic N) is 2. The van der Waals surface area contributed by atoms with E-state index in [2.05, 4.69) is 10.3 Å². The van der Waals surface area contributed by atoms with Crippen LogP contribution in [0.4, 0.5) is 4.79 Å². The average Bonchev–Trinajstić information content (AvgIpc) is 2.81. The van der Waals surface area contributed by atoms with Gasteiger partial charge in [0.25, 0.3) is 0 Å². The molecule has 0 fully saturated rings. The molecular formula is C15H13N3O4. The number of carbonyl (C=O) groups excluding carboxylic acids is 1. The van der Waals surface area contributed by atoms with Crippen molar-refractivity contribution in [2.45, 2.75) is 13.5 Å². The lowest BCUT2D eigenvalue weighted by molar-refractivity contribution is 0.126. The van der Waals surface area contributed by atoms with Gasteiger partial charge in [-0.2, -0.15) is 0 Å². The molecule has 22 heavy (non-hydrogen) atoms. The molecule has 0 aliphatic rings. The Morgan fingerprint density at radius 2 is 2.23 bits per heavy atom. The monoisotopic (exact) mass is 299 g/mol. The van der Waals surface area contributed by atoms with Gasteiger partial charge in [-0.05, 0) is 24.6 Å². The third kappa shape index (κ3) is 2.83. The van der Waals surface area contributed by atoms with E-state index in [4.69, 9.17) is 9.25 Å². The van der Waals surface area contributed by atoms with Gasteiger partial charge in [0.1, 0.15) is 0 Å². The van der Waals surface area contributed by atoms with E-state index < -0.39 is 11.8 Å². The Bertz CT molecular complexity index is 882. The van der Waals surface area contributed by atoms with Crippen molar-refractivity contribution in [3.8, 4) is 0 Å². The van der Waals surface area contributed by atoms with E-state index in [-0.39, 0.29) is 11.2 Å². The van der Waals surface area contributed by atoms with Gasteiger partial charge >= 0.3 is 11.8 Å². The molecule has 3 rings (SSSR count). The molecule has 0 saturated heterocycles. The van der Waals surface area contributed by atoms with Crippen molar-refractivity contribution in [1.29, 1.82) is 0 Å². The zero-order valence-corrected chi connectivity index (χ0v) is 11.8. The minimum absolute atomic E-state index is 0.151. The molecular weight excluding hydrogens is 286 g/mol. The van der Waals surface area contributed by atoms with E-state index in [0.29, 0.717) is 6.54 Å². The van der Waals surface area contributed by atoms with Gasteiger partial charge in [-0.25, -0.2) is 14.6 Å². The van der Waals surface area contributed by atoms with E-state index in [9.17, 15) is 9.59 Å². The van der Waals surface area contributed by atoms with E-state index in [0.717, 1.165) is 15.9 Å². The van der Waals surface area contributed by atoms with Gasteiger partial charge in [-0.1, -0.05) is 34.6 Å². The van der Waals surface area contributed by atoms with Gasteiger partial charge in [-0.15, -0.1) is 0 Å². The lowest BCUT2D eigenvalue weighted by atomic mass is 10.1. The number of aryl methyl sites for hydroxylation is 1. The fourth-order valence-electron chi connectivity index (χ4n) is 2.03. The summed E-state index contributed by atoms with van der Waals surface area (Å²) in [7, 11) is 0. The largest absolute Gasteiger partial charge is 0.455 e. The van der Waals surface area contributed by atoms with Crippen LogP contribution in [0.3, 0.4) is 0 Å². The molecule has 0 unspecified atom stereocenters. The molecule has 7 heteroatoms. The summed E-state index contributed by atoms with van der Waals surface area (Å²) in [6.07, 6.45) is 0.707. The Hall–Kier alpha value is -3.09. The van der Waals surface area contributed by atoms with Crippen molar-refractivity contribution in [1.82, 2.24) is 15.0 Å². The maximum Gasteiger partial charge on any atom is 0.455 e. The summed E-state index contributed by atoms with van der Waals surface area (Å²) in [4.78, 5) is 32.3. The van der Waals surface area contributed by atoms with E-state index >= 15 is 0 Å². The van der Waals surface area contributed by atoms with Crippen LogP contribution in [0.2, 0.25) is 0 Å². The lowest BCUT2D eigenvalue weighted by Gasteiger charge is -2.06. The second-order valence-electron chi connectivity index (χ2n) is 4.71. The van der Waals surface area contributed by atoms with Gasteiger partial charge in [-0.3, -0.25) is 0 Å². The fraction of sp³-hybridized carbons (Fsp3) is 0.133. The average molecular weight is 299 g/mol. The second kappa shape index (κ2) is 5.72. The lowest BCUT2D eigenvalue weighted by Crippen LogP contribution is -2.35. The standard InChI is InChI=1S/C15H13N3O4/c1-10-4-2-5-11(8-10)9-17-14(19)22-18-13-12(21-15(18)20)6-3-7-16-13/h2-8H,9H2,1H3,(H,17,19). The molecule has 1 N–H and O–H groups in total. The summed E-state index contributed by atoms with van der Waals surface area (Å²) in [6, 6.07) is 10.9. The minimum Gasteiger partial charge on any atom is -0.404 e. The Kier molecular flexibility index (Phi) is 3.61. The molecule has 2 heterocycles. The number of pyridine rings is 1. The van der Waals surface area contributed by atoms with Gasteiger partial charge in [0, 0.05) is 12.7 Å². The minimum atomic E-state index is -0.806. The first-order chi connectivity index (χ1) is 10.6. The number of amides is 1. The van der Waals surface area contributed by atoms with Crippen LogP contribution in [0.15, 0.2) is 51.8 Å². The highest BCUT2D eigenvalue weighted by molar-refractivity contribution is 5.71. The molecule has 0 spiro atoms. The molecule has 0 aliphatic heterocycles. The molecule has 1 amide bonds. The van der Waals surface area contributed by atoms with E-state index in [1.54, 1.807) is 12.1 Å². The Morgan fingerprint density at radius 1 is 1.36 bits per heavy atom. The van der Waals surface area contributed by atoms with E-state index in [1.165, 1.54) is 6.20 Å². The van der Waals surface area contributed by atoms with Crippen LogP contribution < -0.4 is 15.9 Å². The van der Waals surface area contributed by atoms with Crippen molar-refractivity contribution < 1.29 is 14.0 Å². The molecule has 112 valence electrons. The third-order valence-electron chi connectivity index (χ3n) is 3.00. The van der Waals surface area contributed by atoms with Crippen molar-refractivity contribution in [2.75, 3.05) is 0 Å². The van der Waals surface area contributed by atoms with Crippen molar-refractivity contribution in [3.05, 3.63) is 64.3 Å². The third-order valence-corrected chi connectivity index (χ3v) is 3.00. The zero-order valence-electron chi connectivity index (χ0n) is 11.8. The number of rotatable bonds is 3. The van der Waals surface area contributed by atoms with Crippen molar-refractivity contribution in [2.24, 2.45) is 0 Å². The molecule has 7 nitrogen and oxygen atoms in total. The summed E-state index contributed by atoms with van der Waals surface area (Å²) in [5.41, 5.74) is 2.42. The van der Waals surface area contributed by atoms with Gasteiger partial charge in [0.15, 0.2) is 5.58 Å². The van der Waals surface area contributed by atoms with Crippen molar-refractivity contribution in [3.63, 3.8) is 0 Å². The maximum atomic E-state index is 11.8. The summed E-state index contributed by atoms with van der Waals surface area (Å²) in [5, 5.41) is 2.57. The molecule has 0 bridgehead atoms. The summed E-state index contributed by atoms with van der Waals surface area (Å²) in [5.74, 6) is -0.806. The predicted octanol–water partition coefficient (Wildman–Crippen LogP) is 1.64. The highest BCUT2D eigenvalue weighted by atomic mass is 16.7. The number of oxazole rings is 1. The molecule has 3 aromatic rings. The number of hydrogen-bond donors (Lipinski definition) is 1. The first-order valence-corrected chi connectivity index (χ1v) is 6.62. The Morgan fingerprint density at radius 3 is 3.05 bits per heavy atom. The number of carbonyl (C=O) groups is 1. The summed E-state index contributed by atoms with van der Waals surface area (Å²) >= 11 is 0. The van der Waals surface area contributed by atoms with Gasteiger partial charge in [0.2, 0.25) is 5.65 Å². The smallest absolute Gasteiger partial charge is 0.404 e. The van der Waals surface area contributed by atoms with Crippen LogP contribution in [0.1, 0.15) is 11.1 Å². The van der Waals surface area contributed by atoms with Crippen LogP contribution in [0.5, 0.6) is 0 Å². The number of nitrogens with one attached hydrogen (secondary N) is 1. The second-order valence-corrected chi connectivity index (χ2v) is 4.71. The number of hydrogen-bond acceptors (Lipinski definition) is 5. The van der Waals surface area contributed by atoms with Crippen LogP contribution in [0.25, 0.3) is 11.2 Å². The normalized spacial score (nSPS) is 10.6. The first-order valence-electron chi connectivity index (χ1n) is 6.62. The summed E-state index contributed by atoms with van der Waals surface area (Å²) < 4.78 is 5.64. The quantitative estimate of drug-likeness (QED) is 0.794. The molecule has 0 atom stereocenters. The van der Waals surface area contributed by atoms with E-state index in [1.807, 2.05) is 31.2 Å². The molecule has 2 aromatic heterocycles. The topological polar surface area (TPSA) is 86.4 Å². The molecule has 0 aliphatic carbocycles. The Balaban J connectivity index is 1.71. The Labute approximate surface area is 125 Å². The van der Waals surface area contributed by atoms with Crippen LogP contribution >= 0.6 is 0 Å². The zero-order chi connectivity index (χ0) is 15.5. The number of benzene rings is 1. The van der Waals surface area contributed by atoms with Gasteiger partial charge in [0.05, 0.1) is 0 Å². The molecule has 0 saturated carbocycles. The maximum absolute atomic E-state index is 11.8. The number of aromatic nitrogens is 2. The van der Waals surface area contributed by atoms with Crippen LogP contribution in [-0.2, 0) is 6.54 Å². The molecule has 0 radical (unpaired) electrons. The highest BCUT2D eigenvalue weighted by Crippen LogP contribution is 2.07. The van der Waals surface area contributed by atoms with Crippen molar-refractivity contribution >= 4 is 17.3 Å². The first kappa shape index (κ1) is 13.9. The van der Waals surface area contributed by atoms with Gasteiger partial charge < -0.3 is 14.6 Å². The number of fused-ring (bicyclic) bond motifs is 1. The van der Waals surface area contributed by atoms with Crippen LogP contribution in [-0.4, -0.2) is 15.8 Å². The fourth-order valence-corrected chi connectivity index (χ4v) is 2.03. The summed E-state index contributed by atoms with van der Waals surface area (Å²) in [6.45, 7) is 2.25. The predicted molar refractivity (Wildman–Crippen MR) is 78.3 cm³/mol. The molecule has 1 aromatic carbocycles. The van der Waals surface area contributed by atoms with Crippen LogP contribution in [0, 0.1) is 6.92 Å².